The zero-order valence-electron chi connectivity index (χ0n) is 10.1. The number of allylic oxidation sites excluding steroid dienone is 4. The van der Waals surface area contributed by atoms with Crippen LogP contribution in [0.2, 0.25) is 0 Å². The lowest BCUT2D eigenvalue weighted by molar-refractivity contribution is 0.280. The predicted octanol–water partition coefficient (Wildman–Crippen LogP) is 3.56. The fourth-order valence-corrected chi connectivity index (χ4v) is 2.35. The molecule has 0 saturated carbocycles. The minimum absolute atomic E-state index is 0.117. The molecule has 16 heavy (non-hydrogen) atoms. The van der Waals surface area contributed by atoms with Crippen LogP contribution in [0.5, 0.6) is 0 Å². The Kier molecular flexibility index (Phi) is 2.97. The van der Waals surface area contributed by atoms with Gasteiger partial charge in [-0.15, -0.1) is 0 Å². The van der Waals surface area contributed by atoms with Crippen molar-refractivity contribution in [2.45, 2.75) is 33.3 Å². The minimum Gasteiger partial charge on any atom is -0.392 e. The number of aliphatic hydroxyl groups excluding tert-OH is 1. The van der Waals surface area contributed by atoms with Crippen LogP contribution in [0, 0.1) is 0 Å². The van der Waals surface area contributed by atoms with Gasteiger partial charge in [-0.1, -0.05) is 41.5 Å². The molecule has 84 valence electrons. The van der Waals surface area contributed by atoms with Gasteiger partial charge >= 0.3 is 0 Å². The van der Waals surface area contributed by atoms with Gasteiger partial charge < -0.3 is 5.11 Å². The summed E-state index contributed by atoms with van der Waals surface area (Å²) >= 11 is 0. The van der Waals surface area contributed by atoms with Crippen molar-refractivity contribution in [1.29, 1.82) is 0 Å². The van der Waals surface area contributed by atoms with Gasteiger partial charge in [0.1, 0.15) is 0 Å². The van der Waals surface area contributed by atoms with Gasteiger partial charge in [0.25, 0.3) is 0 Å². The van der Waals surface area contributed by atoms with Crippen molar-refractivity contribution in [2.75, 3.05) is 0 Å². The molecule has 0 fully saturated rings. The Hall–Kier alpha value is -1.34. The van der Waals surface area contributed by atoms with Crippen LogP contribution in [0.1, 0.15) is 37.8 Å². The summed E-state index contributed by atoms with van der Waals surface area (Å²) in [6.45, 7) is 6.62. The van der Waals surface area contributed by atoms with E-state index in [2.05, 4.69) is 32.9 Å². The molecule has 0 bridgehead atoms. The van der Waals surface area contributed by atoms with Crippen LogP contribution in [0.25, 0.3) is 0 Å². The largest absolute Gasteiger partial charge is 0.392 e. The highest BCUT2D eigenvalue weighted by Crippen LogP contribution is 2.38. The van der Waals surface area contributed by atoms with E-state index in [1.54, 1.807) is 0 Å². The van der Waals surface area contributed by atoms with Crippen molar-refractivity contribution >= 4 is 0 Å². The molecular weight excluding hydrogens is 196 g/mol. The molecule has 0 heterocycles. The van der Waals surface area contributed by atoms with Gasteiger partial charge in [0, 0.05) is 5.92 Å². The van der Waals surface area contributed by atoms with Gasteiger partial charge in [-0.05, 0) is 37.5 Å². The number of aliphatic hydroxyl groups is 1. The average molecular weight is 214 g/mol. The molecule has 0 spiro atoms. The molecule has 1 N–H and O–H groups in total. The quantitative estimate of drug-likeness (QED) is 0.798. The maximum absolute atomic E-state index is 9.36. The Morgan fingerprint density at radius 3 is 2.38 bits per heavy atom. The van der Waals surface area contributed by atoms with Crippen LogP contribution < -0.4 is 0 Å². The van der Waals surface area contributed by atoms with E-state index in [1.807, 2.05) is 18.2 Å². The summed E-state index contributed by atoms with van der Waals surface area (Å²) in [4.78, 5) is 0. The van der Waals surface area contributed by atoms with Crippen molar-refractivity contribution in [3.63, 3.8) is 0 Å². The van der Waals surface area contributed by atoms with Crippen molar-refractivity contribution < 1.29 is 5.11 Å². The zero-order valence-corrected chi connectivity index (χ0v) is 10.1. The first kappa shape index (κ1) is 11.2. The summed E-state index contributed by atoms with van der Waals surface area (Å²) in [5, 5.41) is 9.36. The van der Waals surface area contributed by atoms with Crippen LogP contribution in [0.4, 0.5) is 0 Å². The Morgan fingerprint density at radius 1 is 1.12 bits per heavy atom. The molecule has 1 nitrogen and oxygen atoms in total. The molecule has 0 aromatic heterocycles. The molecule has 0 saturated heterocycles. The lowest BCUT2D eigenvalue weighted by Crippen LogP contribution is -2.00. The van der Waals surface area contributed by atoms with E-state index in [4.69, 9.17) is 0 Å². The average Bonchev–Trinajstić information content (AvgIpc) is 2.57. The van der Waals surface area contributed by atoms with Gasteiger partial charge in [0.05, 0.1) is 6.61 Å². The van der Waals surface area contributed by atoms with Gasteiger partial charge in [-0.3, -0.25) is 0 Å². The minimum atomic E-state index is 0.117. The standard InChI is InChI=1S/C15H18O/c1-10-8-15(12(3)11(10)2)14-7-5-4-6-13(14)9-16/h4-8,15-16H,9H2,1-3H3. The van der Waals surface area contributed by atoms with Crippen LogP contribution in [0.15, 0.2) is 47.1 Å². The lowest BCUT2D eigenvalue weighted by Gasteiger charge is -2.15. The molecule has 1 atom stereocenters. The highest BCUT2D eigenvalue weighted by atomic mass is 16.3. The number of benzene rings is 1. The highest BCUT2D eigenvalue weighted by molar-refractivity contribution is 5.50. The monoisotopic (exact) mass is 214 g/mol. The Morgan fingerprint density at radius 2 is 1.81 bits per heavy atom. The summed E-state index contributed by atoms with van der Waals surface area (Å²) in [5.41, 5.74) is 6.41. The van der Waals surface area contributed by atoms with Gasteiger partial charge in [-0.2, -0.15) is 0 Å². The molecule has 0 amide bonds. The smallest absolute Gasteiger partial charge is 0.0684 e. The third-order valence-corrected chi connectivity index (χ3v) is 3.63. The van der Waals surface area contributed by atoms with Crippen molar-refractivity contribution in [3.8, 4) is 0 Å². The predicted molar refractivity (Wildman–Crippen MR) is 67.2 cm³/mol. The Labute approximate surface area is 97.1 Å². The SMILES string of the molecule is CC1=CC(c2ccccc2CO)C(C)=C1C. The first-order chi connectivity index (χ1) is 7.65. The van der Waals surface area contributed by atoms with E-state index in [-0.39, 0.29) is 6.61 Å². The molecular formula is C15H18O. The summed E-state index contributed by atoms with van der Waals surface area (Å²) in [6.07, 6.45) is 2.29. The van der Waals surface area contributed by atoms with Crippen molar-refractivity contribution in [3.05, 3.63) is 58.2 Å². The van der Waals surface area contributed by atoms with E-state index in [1.165, 1.54) is 22.3 Å². The van der Waals surface area contributed by atoms with Crippen molar-refractivity contribution in [1.82, 2.24) is 0 Å². The molecule has 1 aromatic rings. The van der Waals surface area contributed by atoms with E-state index in [0.29, 0.717) is 5.92 Å². The normalized spacial score (nSPS) is 20.2. The first-order valence-electron chi connectivity index (χ1n) is 5.70. The third-order valence-electron chi connectivity index (χ3n) is 3.63. The molecule has 1 aromatic carbocycles. The second kappa shape index (κ2) is 4.26. The first-order valence-corrected chi connectivity index (χ1v) is 5.70. The van der Waals surface area contributed by atoms with E-state index in [0.717, 1.165) is 5.56 Å². The van der Waals surface area contributed by atoms with Gasteiger partial charge in [0.2, 0.25) is 0 Å². The molecule has 0 aliphatic heterocycles. The van der Waals surface area contributed by atoms with Gasteiger partial charge in [0.15, 0.2) is 0 Å². The summed E-state index contributed by atoms with van der Waals surface area (Å²) in [7, 11) is 0. The Bertz CT molecular complexity index is 466. The van der Waals surface area contributed by atoms with Gasteiger partial charge in [-0.25, -0.2) is 0 Å². The third kappa shape index (κ3) is 1.72. The van der Waals surface area contributed by atoms with Crippen LogP contribution in [-0.4, -0.2) is 5.11 Å². The molecule has 1 aliphatic rings. The second-order valence-electron chi connectivity index (χ2n) is 4.49. The Balaban J connectivity index is 2.48. The highest BCUT2D eigenvalue weighted by Gasteiger charge is 2.21. The lowest BCUT2D eigenvalue weighted by atomic mass is 9.90. The van der Waals surface area contributed by atoms with Crippen molar-refractivity contribution in [2.24, 2.45) is 0 Å². The number of hydrogen-bond donors (Lipinski definition) is 1. The molecule has 1 heteroatoms. The molecule has 1 aliphatic carbocycles. The molecule has 1 unspecified atom stereocenters. The van der Waals surface area contributed by atoms with Crippen LogP contribution >= 0.6 is 0 Å². The topological polar surface area (TPSA) is 20.2 Å². The maximum atomic E-state index is 9.36. The van der Waals surface area contributed by atoms with E-state index in [9.17, 15) is 5.11 Å². The molecule has 0 radical (unpaired) electrons. The second-order valence-corrected chi connectivity index (χ2v) is 4.49. The zero-order chi connectivity index (χ0) is 11.7. The number of hydrogen-bond acceptors (Lipinski definition) is 1. The number of rotatable bonds is 2. The fraction of sp³-hybridized carbons (Fsp3) is 0.333. The van der Waals surface area contributed by atoms with E-state index >= 15 is 0 Å². The molecule has 2 rings (SSSR count). The van der Waals surface area contributed by atoms with E-state index < -0.39 is 0 Å². The summed E-state index contributed by atoms with van der Waals surface area (Å²) < 4.78 is 0. The van der Waals surface area contributed by atoms with Crippen LogP contribution in [0.3, 0.4) is 0 Å². The summed E-state index contributed by atoms with van der Waals surface area (Å²) in [5.74, 6) is 0.350. The maximum Gasteiger partial charge on any atom is 0.0684 e. The fourth-order valence-electron chi connectivity index (χ4n) is 2.35. The van der Waals surface area contributed by atoms with Crippen LogP contribution in [-0.2, 0) is 6.61 Å². The summed E-state index contributed by atoms with van der Waals surface area (Å²) in [6, 6.07) is 8.13.